The summed E-state index contributed by atoms with van der Waals surface area (Å²) in [6.07, 6.45) is 5.56. The molecule has 4 aliphatic rings. The summed E-state index contributed by atoms with van der Waals surface area (Å²) in [5, 5.41) is 21.2. The fourth-order valence-corrected chi connectivity index (χ4v) is 7.06. The van der Waals surface area contributed by atoms with Gasteiger partial charge in [0.1, 0.15) is 0 Å². The first-order chi connectivity index (χ1) is 15.8. The highest BCUT2D eigenvalue weighted by Crippen LogP contribution is 2.52. The summed E-state index contributed by atoms with van der Waals surface area (Å²) in [7, 11) is 0.364. The number of aromatic hydroxyl groups is 1. The van der Waals surface area contributed by atoms with Crippen LogP contribution in [0.2, 0.25) is 0 Å². The van der Waals surface area contributed by atoms with E-state index >= 15 is 0 Å². The lowest BCUT2D eigenvalue weighted by Crippen LogP contribution is -2.45. The fourth-order valence-electron chi connectivity index (χ4n) is 6.43. The van der Waals surface area contributed by atoms with Gasteiger partial charge in [-0.3, -0.25) is 14.5 Å². The molecule has 2 amide bonds. The molecular formula is C24H29BINO6. The summed E-state index contributed by atoms with van der Waals surface area (Å²) < 4.78 is 11.9. The number of amides is 2. The predicted octanol–water partition coefficient (Wildman–Crippen LogP) is 3.76. The zero-order chi connectivity index (χ0) is 23.4. The maximum Gasteiger partial charge on any atom is 0.487 e. The van der Waals surface area contributed by atoms with E-state index in [0.717, 1.165) is 48.7 Å². The third kappa shape index (κ3) is 3.80. The predicted molar refractivity (Wildman–Crippen MR) is 130 cm³/mol. The molecule has 176 valence electrons. The van der Waals surface area contributed by atoms with Gasteiger partial charge in [-0.05, 0) is 84.3 Å². The maximum absolute atomic E-state index is 13.7. The molecule has 1 saturated carbocycles. The number of halogens is 1. The standard InChI is InChI=1S/C24H29BINO6/c1-12-8-16-20(24(30)27(23(16)29)14-6-4-3-5-7-14)15-11-18(33-25(31)21(12)15)13-9-17(26)22(28)19(10-13)32-2/h9-10,14-16,18,20,28,31H,3-8,11H2,1-2H3/t15-,16-,18-,20+/m0/s1. The van der Waals surface area contributed by atoms with E-state index in [9.17, 15) is 19.7 Å². The molecular weight excluding hydrogens is 536 g/mol. The molecule has 7 nitrogen and oxygen atoms in total. The van der Waals surface area contributed by atoms with Crippen LogP contribution in [0, 0.1) is 21.3 Å². The Morgan fingerprint density at radius 3 is 2.58 bits per heavy atom. The van der Waals surface area contributed by atoms with E-state index in [-0.39, 0.29) is 35.4 Å². The van der Waals surface area contributed by atoms with E-state index in [1.54, 1.807) is 11.0 Å². The minimum absolute atomic E-state index is 0.0107. The Kier molecular flexibility index (Phi) is 6.24. The minimum Gasteiger partial charge on any atom is -0.504 e. The smallest absolute Gasteiger partial charge is 0.487 e. The number of nitrogens with zero attached hydrogens (tertiary/aromatic N) is 1. The molecule has 0 bridgehead atoms. The molecule has 9 heteroatoms. The van der Waals surface area contributed by atoms with E-state index in [1.807, 2.05) is 35.6 Å². The number of carbonyl (C=O) groups is 2. The number of phenolic OH excluding ortho intramolecular Hbond substituents is 1. The number of phenols is 1. The Hall–Kier alpha value is -1.59. The van der Waals surface area contributed by atoms with Crippen LogP contribution in [0.25, 0.3) is 0 Å². The van der Waals surface area contributed by atoms with Crippen LogP contribution in [-0.4, -0.2) is 47.1 Å². The number of hydrogen-bond donors (Lipinski definition) is 2. The van der Waals surface area contributed by atoms with Gasteiger partial charge in [0.15, 0.2) is 11.5 Å². The number of fused-ring (bicyclic) bond motifs is 3. The second-order valence-corrected chi connectivity index (χ2v) is 10.9. The third-order valence-corrected chi connectivity index (χ3v) is 8.79. The number of imide groups is 1. The van der Waals surface area contributed by atoms with E-state index in [2.05, 4.69) is 0 Å². The van der Waals surface area contributed by atoms with Gasteiger partial charge < -0.3 is 19.5 Å². The highest BCUT2D eigenvalue weighted by atomic mass is 127. The van der Waals surface area contributed by atoms with Gasteiger partial charge in [0.05, 0.1) is 28.6 Å². The quantitative estimate of drug-likeness (QED) is 0.330. The molecule has 3 fully saturated rings. The van der Waals surface area contributed by atoms with Gasteiger partial charge in [0.2, 0.25) is 11.8 Å². The lowest BCUT2D eigenvalue weighted by Gasteiger charge is -2.41. The van der Waals surface area contributed by atoms with Crippen LogP contribution in [0.3, 0.4) is 0 Å². The van der Waals surface area contributed by atoms with Crippen molar-refractivity contribution >= 4 is 41.5 Å². The van der Waals surface area contributed by atoms with Crippen molar-refractivity contribution in [2.24, 2.45) is 17.8 Å². The van der Waals surface area contributed by atoms with Crippen LogP contribution in [-0.2, 0) is 14.2 Å². The number of hydrogen-bond acceptors (Lipinski definition) is 6. The first-order valence-electron chi connectivity index (χ1n) is 11.8. The molecule has 0 radical (unpaired) electrons. The highest BCUT2D eigenvalue weighted by Gasteiger charge is 2.58. The zero-order valence-corrected chi connectivity index (χ0v) is 21.1. The lowest BCUT2D eigenvalue weighted by atomic mass is 9.55. The Balaban J connectivity index is 1.49. The number of carbonyl (C=O) groups excluding carboxylic acids is 2. The average Bonchev–Trinajstić information content (AvgIpc) is 3.05. The lowest BCUT2D eigenvalue weighted by molar-refractivity contribution is -0.143. The first kappa shape index (κ1) is 23.2. The Morgan fingerprint density at radius 2 is 1.88 bits per heavy atom. The number of allylic oxidation sites excluding steroid dienone is 2. The van der Waals surface area contributed by atoms with Crippen molar-refractivity contribution in [1.82, 2.24) is 4.90 Å². The summed E-state index contributed by atoms with van der Waals surface area (Å²) in [5.74, 6) is -0.756. The van der Waals surface area contributed by atoms with Crippen molar-refractivity contribution in [3.63, 3.8) is 0 Å². The van der Waals surface area contributed by atoms with Crippen molar-refractivity contribution in [2.45, 2.75) is 64.0 Å². The second-order valence-electron chi connectivity index (χ2n) is 9.78. The van der Waals surface area contributed by atoms with E-state index in [4.69, 9.17) is 9.39 Å². The van der Waals surface area contributed by atoms with Gasteiger partial charge in [-0.2, -0.15) is 0 Å². The Bertz CT molecular complexity index is 1020. The molecule has 2 saturated heterocycles. The van der Waals surface area contributed by atoms with Crippen LogP contribution in [0.15, 0.2) is 23.2 Å². The topological polar surface area (TPSA) is 96.3 Å². The Morgan fingerprint density at radius 1 is 1.15 bits per heavy atom. The number of ether oxygens (including phenoxy) is 1. The van der Waals surface area contributed by atoms with Crippen molar-refractivity contribution in [2.75, 3.05) is 7.11 Å². The number of benzene rings is 1. The summed E-state index contributed by atoms with van der Waals surface area (Å²) in [6.45, 7) is 1.94. The summed E-state index contributed by atoms with van der Waals surface area (Å²) >= 11 is 2.04. The van der Waals surface area contributed by atoms with E-state index in [0.29, 0.717) is 22.2 Å². The van der Waals surface area contributed by atoms with Crippen LogP contribution < -0.4 is 4.74 Å². The first-order valence-corrected chi connectivity index (χ1v) is 12.9. The van der Waals surface area contributed by atoms with Crippen molar-refractivity contribution in [1.29, 1.82) is 0 Å². The molecule has 5 rings (SSSR count). The molecule has 2 heterocycles. The van der Waals surface area contributed by atoms with Gasteiger partial charge in [-0.25, -0.2) is 0 Å². The zero-order valence-electron chi connectivity index (χ0n) is 18.9. The molecule has 33 heavy (non-hydrogen) atoms. The van der Waals surface area contributed by atoms with Crippen LogP contribution in [0.1, 0.15) is 63.5 Å². The molecule has 0 spiro atoms. The molecule has 0 aromatic heterocycles. The van der Waals surface area contributed by atoms with Crippen LogP contribution >= 0.6 is 22.6 Å². The van der Waals surface area contributed by atoms with Crippen molar-refractivity contribution in [3.8, 4) is 11.5 Å². The normalized spacial score (nSPS) is 30.5. The number of methoxy groups -OCH3 is 1. The van der Waals surface area contributed by atoms with Gasteiger partial charge in [-0.1, -0.05) is 24.8 Å². The molecule has 1 aromatic carbocycles. The van der Waals surface area contributed by atoms with Gasteiger partial charge in [-0.15, -0.1) is 0 Å². The third-order valence-electron chi connectivity index (χ3n) is 7.97. The van der Waals surface area contributed by atoms with Gasteiger partial charge >= 0.3 is 7.12 Å². The maximum atomic E-state index is 13.7. The molecule has 0 unspecified atom stereocenters. The Labute approximate surface area is 207 Å². The van der Waals surface area contributed by atoms with Crippen molar-refractivity contribution in [3.05, 3.63) is 32.3 Å². The number of likely N-dealkylation sites (tertiary alicyclic amines) is 1. The SMILES string of the molecule is COc1cc([C@@H]2C[C@@H]3C(=C(C)C[C@@H]4C(=O)N(C5CCCCC5)C(=O)[C@@H]43)B(O)O2)cc(I)c1O. The van der Waals surface area contributed by atoms with E-state index in [1.165, 1.54) is 7.11 Å². The average molecular weight is 565 g/mol. The second kappa shape index (κ2) is 8.89. The molecule has 2 aliphatic carbocycles. The van der Waals surface area contributed by atoms with E-state index < -0.39 is 19.1 Å². The fraction of sp³-hybridized carbons (Fsp3) is 0.583. The van der Waals surface area contributed by atoms with Crippen LogP contribution in [0.4, 0.5) is 0 Å². The summed E-state index contributed by atoms with van der Waals surface area (Å²) in [4.78, 5) is 28.7. The molecule has 2 aliphatic heterocycles. The summed E-state index contributed by atoms with van der Waals surface area (Å²) in [6, 6.07) is 3.54. The summed E-state index contributed by atoms with van der Waals surface area (Å²) in [5.41, 5.74) is 2.49. The monoisotopic (exact) mass is 565 g/mol. The minimum atomic E-state index is -1.13. The van der Waals surface area contributed by atoms with Crippen LogP contribution in [0.5, 0.6) is 11.5 Å². The molecule has 2 N–H and O–H groups in total. The highest BCUT2D eigenvalue weighted by molar-refractivity contribution is 14.1. The van der Waals surface area contributed by atoms with Crippen molar-refractivity contribution < 1.29 is 29.1 Å². The molecule has 4 atom stereocenters. The van der Waals surface area contributed by atoms with Gasteiger partial charge in [0.25, 0.3) is 0 Å². The number of rotatable bonds is 3. The van der Waals surface area contributed by atoms with Gasteiger partial charge in [0, 0.05) is 6.04 Å². The molecule has 1 aromatic rings. The largest absolute Gasteiger partial charge is 0.504 e.